The Morgan fingerprint density at radius 2 is 1.33 bits per heavy atom. The first-order chi connectivity index (χ1) is 6.94. The fourth-order valence-electron chi connectivity index (χ4n) is 1.15. The van der Waals surface area contributed by atoms with Crippen molar-refractivity contribution in [2.45, 2.75) is 38.6 Å². The van der Waals surface area contributed by atoms with Gasteiger partial charge in [0.2, 0.25) is 0 Å². The van der Waals surface area contributed by atoms with E-state index < -0.39 is 0 Å². The normalized spacial score (nSPS) is 16.4. The molecule has 0 heterocycles. The van der Waals surface area contributed by atoms with Crippen LogP contribution in [0.2, 0.25) is 0 Å². The van der Waals surface area contributed by atoms with Crippen molar-refractivity contribution in [3.8, 4) is 0 Å². The van der Waals surface area contributed by atoms with Crippen LogP contribution in [0.3, 0.4) is 0 Å². The van der Waals surface area contributed by atoms with Gasteiger partial charge in [0.15, 0.2) is 0 Å². The van der Waals surface area contributed by atoms with E-state index in [0.29, 0.717) is 13.2 Å². The summed E-state index contributed by atoms with van der Waals surface area (Å²) >= 11 is 0. The molecule has 0 aromatic rings. The highest BCUT2D eigenvalue weighted by atomic mass is 16.6. The quantitative estimate of drug-likeness (QED) is 0.651. The molecule has 0 aromatic heterocycles. The van der Waals surface area contributed by atoms with Crippen molar-refractivity contribution in [2.24, 2.45) is 0 Å². The van der Waals surface area contributed by atoms with E-state index in [2.05, 4.69) is 0 Å². The highest BCUT2D eigenvalue weighted by Gasteiger charge is 2.23. The molecule has 0 aliphatic rings. The molecule has 0 spiro atoms. The Labute approximate surface area is 92.8 Å². The van der Waals surface area contributed by atoms with E-state index in [1.165, 1.54) is 0 Å². The first kappa shape index (κ1) is 14.8. The molecule has 0 radical (unpaired) electrons. The minimum Gasteiger partial charge on any atom is -0.382 e. The van der Waals surface area contributed by atoms with Gasteiger partial charge in [0.1, 0.15) is 12.2 Å². The average molecular weight is 220 g/mol. The fourth-order valence-corrected chi connectivity index (χ4v) is 1.15. The molecule has 4 nitrogen and oxygen atoms in total. The Morgan fingerprint density at radius 1 is 0.867 bits per heavy atom. The van der Waals surface area contributed by atoms with E-state index in [0.717, 1.165) is 0 Å². The molecule has 0 rings (SSSR count). The summed E-state index contributed by atoms with van der Waals surface area (Å²) in [5.74, 6) is 0. The number of hydrogen-bond acceptors (Lipinski definition) is 4. The van der Waals surface area contributed by atoms with Crippen molar-refractivity contribution in [3.05, 3.63) is 0 Å². The molecule has 0 N–H and O–H groups in total. The third-order valence-corrected chi connectivity index (χ3v) is 2.03. The van der Waals surface area contributed by atoms with Gasteiger partial charge in [-0.25, -0.2) is 0 Å². The minimum atomic E-state index is -0.165. The van der Waals surface area contributed by atoms with Crippen LogP contribution >= 0.6 is 0 Å². The first-order valence-electron chi connectivity index (χ1n) is 5.13. The maximum atomic E-state index is 5.65. The van der Waals surface area contributed by atoms with Gasteiger partial charge in [-0.2, -0.15) is 0 Å². The third kappa shape index (κ3) is 6.84. The highest BCUT2D eigenvalue weighted by Crippen LogP contribution is 2.11. The lowest BCUT2D eigenvalue weighted by Crippen LogP contribution is -2.39. The van der Waals surface area contributed by atoms with E-state index in [1.807, 2.05) is 20.8 Å². The van der Waals surface area contributed by atoms with Gasteiger partial charge in [-0.3, -0.25) is 0 Å². The van der Waals surface area contributed by atoms with Gasteiger partial charge in [0.05, 0.1) is 18.8 Å². The Hall–Kier alpha value is -0.160. The second-order valence-electron chi connectivity index (χ2n) is 4.43. The van der Waals surface area contributed by atoms with E-state index in [9.17, 15) is 0 Å². The van der Waals surface area contributed by atoms with Crippen molar-refractivity contribution >= 4 is 0 Å². The second kappa shape index (κ2) is 7.17. The van der Waals surface area contributed by atoms with Gasteiger partial charge < -0.3 is 18.9 Å². The minimum absolute atomic E-state index is 0.0950. The topological polar surface area (TPSA) is 36.9 Å². The molecule has 0 aromatic carbocycles. The standard InChI is InChI=1S/C11H24O4/c1-11(2,3)15-8-10(14-6)9(13-5)7-12-4/h9-10H,7-8H2,1-6H3. The van der Waals surface area contributed by atoms with Crippen molar-refractivity contribution in [1.29, 1.82) is 0 Å². The lowest BCUT2D eigenvalue weighted by Gasteiger charge is -2.28. The zero-order valence-corrected chi connectivity index (χ0v) is 10.7. The molecule has 0 saturated heterocycles. The summed E-state index contributed by atoms with van der Waals surface area (Å²) in [6.45, 7) is 7.04. The van der Waals surface area contributed by atoms with Crippen molar-refractivity contribution < 1.29 is 18.9 Å². The summed E-state index contributed by atoms with van der Waals surface area (Å²) in [5, 5.41) is 0. The molecule has 92 valence electrons. The maximum Gasteiger partial charge on any atom is 0.109 e. The van der Waals surface area contributed by atoms with Crippen LogP contribution in [-0.4, -0.2) is 52.4 Å². The molecular formula is C11H24O4. The zero-order valence-electron chi connectivity index (χ0n) is 10.7. The zero-order chi connectivity index (χ0) is 11.9. The van der Waals surface area contributed by atoms with Crippen LogP contribution in [0, 0.1) is 0 Å². The van der Waals surface area contributed by atoms with E-state index >= 15 is 0 Å². The summed E-state index contributed by atoms with van der Waals surface area (Å²) in [5.41, 5.74) is -0.165. The van der Waals surface area contributed by atoms with Crippen LogP contribution in [0.1, 0.15) is 20.8 Å². The third-order valence-electron chi connectivity index (χ3n) is 2.03. The second-order valence-corrected chi connectivity index (χ2v) is 4.43. The molecule has 0 bridgehead atoms. The molecule has 0 aliphatic heterocycles. The molecule has 0 amide bonds. The van der Waals surface area contributed by atoms with Gasteiger partial charge >= 0.3 is 0 Å². The average Bonchev–Trinajstić information content (AvgIpc) is 2.15. The van der Waals surface area contributed by atoms with Crippen LogP contribution in [0.15, 0.2) is 0 Å². The van der Waals surface area contributed by atoms with Gasteiger partial charge in [-0.05, 0) is 20.8 Å². The number of rotatable bonds is 7. The molecule has 0 aliphatic carbocycles. The molecule has 0 fully saturated rings. The van der Waals surface area contributed by atoms with Crippen molar-refractivity contribution in [3.63, 3.8) is 0 Å². The Bertz CT molecular complexity index is 153. The summed E-state index contributed by atoms with van der Waals surface area (Å²) < 4.78 is 21.3. The SMILES string of the molecule is COCC(OC)C(COC(C)(C)C)OC. The van der Waals surface area contributed by atoms with Gasteiger partial charge in [-0.1, -0.05) is 0 Å². The monoisotopic (exact) mass is 220 g/mol. The van der Waals surface area contributed by atoms with Gasteiger partial charge in [0.25, 0.3) is 0 Å². The number of hydrogen-bond donors (Lipinski definition) is 0. The molecule has 0 saturated carbocycles. The summed E-state index contributed by atoms with van der Waals surface area (Å²) in [6, 6.07) is 0. The molecule has 2 atom stereocenters. The molecule has 2 unspecified atom stereocenters. The van der Waals surface area contributed by atoms with Crippen LogP contribution in [0.25, 0.3) is 0 Å². The van der Waals surface area contributed by atoms with Crippen molar-refractivity contribution in [2.75, 3.05) is 34.5 Å². The summed E-state index contributed by atoms with van der Waals surface area (Å²) in [4.78, 5) is 0. The van der Waals surface area contributed by atoms with E-state index in [4.69, 9.17) is 18.9 Å². The molecular weight excluding hydrogens is 196 g/mol. The van der Waals surface area contributed by atoms with Crippen LogP contribution in [0.5, 0.6) is 0 Å². The van der Waals surface area contributed by atoms with Crippen LogP contribution < -0.4 is 0 Å². The van der Waals surface area contributed by atoms with Gasteiger partial charge in [0, 0.05) is 21.3 Å². The summed E-state index contributed by atoms with van der Waals surface area (Å²) in [7, 11) is 4.94. The lowest BCUT2D eigenvalue weighted by molar-refractivity contribution is -0.122. The molecule has 4 heteroatoms. The predicted molar refractivity (Wildman–Crippen MR) is 59.2 cm³/mol. The smallest absolute Gasteiger partial charge is 0.109 e. The van der Waals surface area contributed by atoms with Crippen molar-refractivity contribution in [1.82, 2.24) is 0 Å². The van der Waals surface area contributed by atoms with Crippen LogP contribution in [0.4, 0.5) is 0 Å². The Morgan fingerprint density at radius 3 is 1.67 bits per heavy atom. The highest BCUT2D eigenvalue weighted by molar-refractivity contribution is 4.71. The Kier molecular flexibility index (Phi) is 7.09. The van der Waals surface area contributed by atoms with E-state index in [-0.39, 0.29) is 17.8 Å². The Balaban J connectivity index is 4.09. The lowest BCUT2D eigenvalue weighted by atomic mass is 10.1. The predicted octanol–water partition coefficient (Wildman–Crippen LogP) is 1.48. The van der Waals surface area contributed by atoms with E-state index in [1.54, 1.807) is 21.3 Å². The van der Waals surface area contributed by atoms with Gasteiger partial charge in [-0.15, -0.1) is 0 Å². The fraction of sp³-hybridized carbons (Fsp3) is 1.00. The first-order valence-corrected chi connectivity index (χ1v) is 5.13. The maximum absolute atomic E-state index is 5.65. The van der Waals surface area contributed by atoms with Crippen LogP contribution in [-0.2, 0) is 18.9 Å². The largest absolute Gasteiger partial charge is 0.382 e. The summed E-state index contributed by atoms with van der Waals surface area (Å²) in [6.07, 6.45) is -0.198. The molecule has 15 heavy (non-hydrogen) atoms. The number of methoxy groups -OCH3 is 3. The number of ether oxygens (including phenoxy) is 4.